The summed E-state index contributed by atoms with van der Waals surface area (Å²) in [5.74, 6) is -0.379. The van der Waals surface area contributed by atoms with Crippen LogP contribution in [0.15, 0.2) is 30.3 Å². The molecule has 1 fully saturated rings. The van der Waals surface area contributed by atoms with Gasteiger partial charge in [-0.15, -0.1) is 11.3 Å². The zero-order chi connectivity index (χ0) is 14.8. The van der Waals surface area contributed by atoms with Crippen LogP contribution in [-0.2, 0) is 9.53 Å². The van der Waals surface area contributed by atoms with E-state index in [-0.39, 0.29) is 11.9 Å². The second-order valence-electron chi connectivity index (χ2n) is 5.18. The SMILES string of the molecule is COC(=O)[C@H]1CCCCN1C(=O)c1cc2ccccc2s1. The fourth-order valence-corrected chi connectivity index (χ4v) is 3.80. The molecule has 1 aliphatic rings. The summed E-state index contributed by atoms with van der Waals surface area (Å²) < 4.78 is 5.93. The van der Waals surface area contributed by atoms with Crippen LogP contribution in [0, 0.1) is 0 Å². The number of nitrogens with zero attached hydrogens (tertiary/aromatic N) is 1. The van der Waals surface area contributed by atoms with Gasteiger partial charge in [-0.25, -0.2) is 4.79 Å². The van der Waals surface area contributed by atoms with E-state index < -0.39 is 6.04 Å². The van der Waals surface area contributed by atoms with E-state index in [4.69, 9.17) is 4.74 Å². The number of amides is 1. The summed E-state index contributed by atoms with van der Waals surface area (Å²) in [6.45, 7) is 0.618. The maximum Gasteiger partial charge on any atom is 0.328 e. The van der Waals surface area contributed by atoms with Crippen LogP contribution in [0.1, 0.15) is 28.9 Å². The second kappa shape index (κ2) is 5.85. The van der Waals surface area contributed by atoms with Gasteiger partial charge in [-0.05, 0) is 36.8 Å². The van der Waals surface area contributed by atoms with Crippen molar-refractivity contribution in [1.82, 2.24) is 4.90 Å². The van der Waals surface area contributed by atoms with Crippen molar-refractivity contribution in [3.05, 3.63) is 35.2 Å². The molecule has 3 rings (SSSR count). The lowest BCUT2D eigenvalue weighted by Crippen LogP contribution is -2.48. The van der Waals surface area contributed by atoms with Crippen molar-refractivity contribution in [2.75, 3.05) is 13.7 Å². The molecule has 1 aliphatic heterocycles. The Balaban J connectivity index is 1.90. The summed E-state index contributed by atoms with van der Waals surface area (Å²) in [5, 5.41) is 1.07. The fourth-order valence-electron chi connectivity index (χ4n) is 2.78. The molecule has 4 nitrogen and oxygen atoms in total. The highest BCUT2D eigenvalue weighted by atomic mass is 32.1. The minimum Gasteiger partial charge on any atom is -0.467 e. The standard InChI is InChI=1S/C16H17NO3S/c1-20-16(19)12-7-4-5-9-17(12)15(18)14-10-11-6-2-3-8-13(11)21-14/h2-3,6,8,10,12H,4-5,7,9H2,1H3/t12-/m1/s1. The molecule has 1 amide bonds. The summed E-state index contributed by atoms with van der Waals surface area (Å²) in [6.07, 6.45) is 2.57. The predicted octanol–water partition coefficient (Wildman–Crippen LogP) is 3.07. The molecule has 5 heteroatoms. The quantitative estimate of drug-likeness (QED) is 0.801. The Bertz CT molecular complexity index is 646. The number of carbonyl (C=O) groups is 2. The number of fused-ring (bicyclic) bond motifs is 1. The number of piperidine rings is 1. The van der Waals surface area contributed by atoms with Crippen molar-refractivity contribution in [3.8, 4) is 0 Å². The molecule has 0 radical (unpaired) electrons. The Labute approximate surface area is 127 Å². The first-order valence-corrected chi connectivity index (χ1v) is 7.90. The molecule has 1 atom stereocenters. The van der Waals surface area contributed by atoms with Crippen molar-refractivity contribution < 1.29 is 14.3 Å². The van der Waals surface area contributed by atoms with Crippen LogP contribution in [0.25, 0.3) is 10.1 Å². The van der Waals surface area contributed by atoms with Crippen molar-refractivity contribution in [1.29, 1.82) is 0 Å². The number of hydrogen-bond donors (Lipinski definition) is 0. The van der Waals surface area contributed by atoms with Crippen LogP contribution < -0.4 is 0 Å². The zero-order valence-electron chi connectivity index (χ0n) is 11.9. The highest BCUT2D eigenvalue weighted by Crippen LogP contribution is 2.28. The maximum atomic E-state index is 12.7. The summed E-state index contributed by atoms with van der Waals surface area (Å²) in [4.78, 5) is 27.0. The minimum atomic E-state index is -0.443. The fraction of sp³-hybridized carbons (Fsp3) is 0.375. The highest BCUT2D eigenvalue weighted by Gasteiger charge is 2.33. The largest absolute Gasteiger partial charge is 0.467 e. The Morgan fingerprint density at radius 2 is 2.10 bits per heavy atom. The molecule has 2 heterocycles. The smallest absolute Gasteiger partial charge is 0.328 e. The number of carbonyl (C=O) groups excluding carboxylic acids is 2. The maximum absolute atomic E-state index is 12.7. The van der Waals surface area contributed by atoms with Crippen LogP contribution in [0.2, 0.25) is 0 Å². The van der Waals surface area contributed by atoms with Gasteiger partial charge in [0.05, 0.1) is 12.0 Å². The number of methoxy groups -OCH3 is 1. The number of thiophene rings is 1. The van der Waals surface area contributed by atoms with E-state index in [0.717, 1.165) is 22.9 Å². The van der Waals surface area contributed by atoms with Crippen molar-refractivity contribution >= 4 is 33.3 Å². The zero-order valence-corrected chi connectivity index (χ0v) is 12.7. The second-order valence-corrected chi connectivity index (χ2v) is 6.27. The monoisotopic (exact) mass is 303 g/mol. The van der Waals surface area contributed by atoms with Crippen LogP contribution in [-0.4, -0.2) is 36.5 Å². The van der Waals surface area contributed by atoms with Crippen LogP contribution in [0.3, 0.4) is 0 Å². The first kappa shape index (κ1) is 14.1. The van der Waals surface area contributed by atoms with Gasteiger partial charge in [0, 0.05) is 11.2 Å². The third-order valence-corrected chi connectivity index (χ3v) is 4.98. The van der Waals surface area contributed by atoms with Gasteiger partial charge in [0.1, 0.15) is 6.04 Å². The first-order chi connectivity index (χ1) is 10.2. The summed E-state index contributed by atoms with van der Waals surface area (Å²) in [5.41, 5.74) is 0. The number of esters is 1. The number of likely N-dealkylation sites (tertiary alicyclic amines) is 1. The highest BCUT2D eigenvalue weighted by molar-refractivity contribution is 7.20. The summed E-state index contributed by atoms with van der Waals surface area (Å²) in [7, 11) is 1.37. The van der Waals surface area contributed by atoms with Crippen molar-refractivity contribution in [3.63, 3.8) is 0 Å². The molecule has 2 aromatic rings. The molecule has 1 aromatic carbocycles. The lowest BCUT2D eigenvalue weighted by Gasteiger charge is -2.33. The lowest BCUT2D eigenvalue weighted by atomic mass is 10.0. The van der Waals surface area contributed by atoms with E-state index in [9.17, 15) is 9.59 Å². The molecule has 21 heavy (non-hydrogen) atoms. The topological polar surface area (TPSA) is 46.6 Å². The molecule has 0 saturated carbocycles. The molecular weight excluding hydrogens is 286 g/mol. The third-order valence-electron chi connectivity index (χ3n) is 3.87. The molecule has 0 N–H and O–H groups in total. The Hall–Kier alpha value is -1.88. The van der Waals surface area contributed by atoms with Gasteiger partial charge in [0.15, 0.2) is 0 Å². The van der Waals surface area contributed by atoms with E-state index in [0.29, 0.717) is 17.8 Å². The average molecular weight is 303 g/mol. The number of hydrogen-bond acceptors (Lipinski definition) is 4. The van der Waals surface area contributed by atoms with Crippen molar-refractivity contribution in [2.24, 2.45) is 0 Å². The van der Waals surface area contributed by atoms with Crippen LogP contribution in [0.5, 0.6) is 0 Å². The molecule has 1 aromatic heterocycles. The van der Waals surface area contributed by atoms with Crippen molar-refractivity contribution in [2.45, 2.75) is 25.3 Å². The van der Waals surface area contributed by atoms with E-state index >= 15 is 0 Å². The van der Waals surface area contributed by atoms with Crippen LogP contribution in [0.4, 0.5) is 0 Å². The molecule has 0 bridgehead atoms. The van der Waals surface area contributed by atoms with Gasteiger partial charge in [0.25, 0.3) is 5.91 Å². The molecule has 0 unspecified atom stereocenters. The average Bonchev–Trinajstić information content (AvgIpc) is 2.97. The molecule has 1 saturated heterocycles. The van der Waals surface area contributed by atoms with Gasteiger partial charge in [-0.3, -0.25) is 4.79 Å². The van der Waals surface area contributed by atoms with Gasteiger partial charge < -0.3 is 9.64 Å². The summed E-state index contributed by atoms with van der Waals surface area (Å²) >= 11 is 1.48. The number of rotatable bonds is 2. The van der Waals surface area contributed by atoms with Gasteiger partial charge in [0.2, 0.25) is 0 Å². The lowest BCUT2D eigenvalue weighted by molar-refractivity contribution is -0.147. The molecule has 0 aliphatic carbocycles. The number of ether oxygens (including phenoxy) is 1. The van der Waals surface area contributed by atoms with Gasteiger partial charge in [-0.2, -0.15) is 0 Å². The van der Waals surface area contributed by atoms with Crippen LogP contribution >= 0.6 is 11.3 Å². The molecule has 110 valence electrons. The molecular formula is C16H17NO3S. The first-order valence-electron chi connectivity index (χ1n) is 7.08. The van der Waals surface area contributed by atoms with Gasteiger partial charge in [-0.1, -0.05) is 18.2 Å². The summed E-state index contributed by atoms with van der Waals surface area (Å²) in [6, 6.07) is 9.39. The van der Waals surface area contributed by atoms with E-state index in [1.165, 1.54) is 18.4 Å². The Kier molecular flexibility index (Phi) is 3.92. The van der Waals surface area contributed by atoms with E-state index in [1.807, 2.05) is 30.3 Å². The third kappa shape index (κ3) is 2.65. The normalized spacial score (nSPS) is 18.7. The molecule has 0 spiro atoms. The van der Waals surface area contributed by atoms with Gasteiger partial charge >= 0.3 is 5.97 Å². The predicted molar refractivity (Wildman–Crippen MR) is 82.5 cm³/mol. The van der Waals surface area contributed by atoms with E-state index in [1.54, 1.807) is 4.90 Å². The minimum absolute atomic E-state index is 0.0636. The van der Waals surface area contributed by atoms with E-state index in [2.05, 4.69) is 0 Å². The Morgan fingerprint density at radius 1 is 1.29 bits per heavy atom. The Morgan fingerprint density at radius 3 is 2.86 bits per heavy atom. The number of benzene rings is 1.